The van der Waals surface area contributed by atoms with Gasteiger partial charge >= 0.3 is 0 Å². The van der Waals surface area contributed by atoms with Crippen LogP contribution < -0.4 is 5.32 Å². The molecule has 100 valence electrons. The third-order valence-electron chi connectivity index (χ3n) is 3.06. The van der Waals surface area contributed by atoms with Crippen LogP contribution in [0.3, 0.4) is 0 Å². The summed E-state index contributed by atoms with van der Waals surface area (Å²) in [5.74, 6) is 0. The Bertz CT molecular complexity index is 492. The number of aromatic nitrogens is 2. The lowest BCUT2D eigenvalue weighted by Gasteiger charge is -2.19. The molecule has 1 unspecified atom stereocenters. The fourth-order valence-corrected chi connectivity index (χ4v) is 2.14. The van der Waals surface area contributed by atoms with Crippen molar-refractivity contribution in [2.75, 3.05) is 6.54 Å². The standard InChI is InChI=1S/C16H21N3/c1-4-6-19-16(14-8-13(3)10-17-11-14)15-9-12(2)5-7-18-15/h5,7-11,16,19H,4,6H2,1-3H3. The maximum atomic E-state index is 4.51. The van der Waals surface area contributed by atoms with Gasteiger partial charge in [-0.25, -0.2) is 0 Å². The molecule has 0 radical (unpaired) electrons. The number of hydrogen-bond donors (Lipinski definition) is 1. The second kappa shape index (κ2) is 6.43. The predicted molar refractivity (Wildman–Crippen MR) is 78.1 cm³/mol. The molecule has 3 heteroatoms. The number of pyridine rings is 2. The molecule has 0 spiro atoms. The van der Waals surface area contributed by atoms with Crippen LogP contribution in [0.4, 0.5) is 0 Å². The fourth-order valence-electron chi connectivity index (χ4n) is 2.14. The molecule has 2 rings (SSSR count). The zero-order valence-electron chi connectivity index (χ0n) is 11.9. The summed E-state index contributed by atoms with van der Waals surface area (Å²) < 4.78 is 0. The van der Waals surface area contributed by atoms with Crippen LogP contribution in [-0.2, 0) is 0 Å². The minimum absolute atomic E-state index is 0.118. The van der Waals surface area contributed by atoms with Crippen molar-refractivity contribution in [3.05, 3.63) is 59.2 Å². The Kier molecular flexibility index (Phi) is 4.63. The van der Waals surface area contributed by atoms with Crippen molar-refractivity contribution in [1.29, 1.82) is 0 Å². The van der Waals surface area contributed by atoms with E-state index in [1.807, 2.05) is 24.7 Å². The Balaban J connectivity index is 2.35. The number of nitrogens with zero attached hydrogens (tertiary/aromatic N) is 2. The topological polar surface area (TPSA) is 37.8 Å². The molecule has 0 aliphatic rings. The van der Waals surface area contributed by atoms with E-state index >= 15 is 0 Å². The van der Waals surface area contributed by atoms with Crippen molar-refractivity contribution in [2.45, 2.75) is 33.2 Å². The normalized spacial score (nSPS) is 12.4. The fraction of sp³-hybridized carbons (Fsp3) is 0.375. The van der Waals surface area contributed by atoms with E-state index in [1.54, 1.807) is 0 Å². The molecule has 0 aliphatic heterocycles. The summed E-state index contributed by atoms with van der Waals surface area (Å²) in [6.07, 6.45) is 6.77. The number of aryl methyl sites for hydroxylation is 2. The van der Waals surface area contributed by atoms with Crippen LogP contribution in [0.15, 0.2) is 36.8 Å². The highest BCUT2D eigenvalue weighted by atomic mass is 14.9. The van der Waals surface area contributed by atoms with E-state index in [9.17, 15) is 0 Å². The molecule has 0 saturated heterocycles. The average molecular weight is 255 g/mol. The minimum Gasteiger partial charge on any atom is -0.305 e. The Labute approximate surface area is 115 Å². The largest absolute Gasteiger partial charge is 0.305 e. The lowest BCUT2D eigenvalue weighted by Crippen LogP contribution is -2.24. The van der Waals surface area contributed by atoms with E-state index in [-0.39, 0.29) is 6.04 Å². The number of hydrogen-bond acceptors (Lipinski definition) is 3. The lowest BCUT2D eigenvalue weighted by atomic mass is 10.0. The van der Waals surface area contributed by atoms with E-state index < -0.39 is 0 Å². The number of nitrogens with one attached hydrogen (secondary N) is 1. The van der Waals surface area contributed by atoms with Gasteiger partial charge < -0.3 is 5.32 Å². The quantitative estimate of drug-likeness (QED) is 0.891. The van der Waals surface area contributed by atoms with E-state index in [1.165, 1.54) is 16.7 Å². The lowest BCUT2D eigenvalue weighted by molar-refractivity contribution is 0.584. The van der Waals surface area contributed by atoms with Gasteiger partial charge in [-0.1, -0.05) is 13.0 Å². The van der Waals surface area contributed by atoms with Gasteiger partial charge in [0.1, 0.15) is 0 Å². The number of rotatable bonds is 5. The smallest absolute Gasteiger partial charge is 0.0766 e. The molecule has 2 aromatic rings. The van der Waals surface area contributed by atoms with Gasteiger partial charge in [-0.05, 0) is 55.6 Å². The molecular weight excluding hydrogens is 234 g/mol. The molecule has 19 heavy (non-hydrogen) atoms. The molecule has 0 aromatic carbocycles. The summed E-state index contributed by atoms with van der Waals surface area (Å²) >= 11 is 0. The first kappa shape index (κ1) is 13.7. The van der Waals surface area contributed by atoms with Gasteiger partial charge in [-0.15, -0.1) is 0 Å². The molecule has 0 fully saturated rings. The van der Waals surface area contributed by atoms with Gasteiger partial charge in [0.2, 0.25) is 0 Å². The molecule has 0 amide bonds. The Morgan fingerprint density at radius 1 is 1.16 bits per heavy atom. The molecule has 1 atom stereocenters. The Morgan fingerprint density at radius 2 is 2.00 bits per heavy atom. The maximum Gasteiger partial charge on any atom is 0.0766 e. The van der Waals surface area contributed by atoms with Gasteiger partial charge in [0, 0.05) is 18.6 Å². The first-order valence-corrected chi connectivity index (χ1v) is 6.78. The van der Waals surface area contributed by atoms with E-state index in [4.69, 9.17) is 0 Å². The molecule has 0 saturated carbocycles. The van der Waals surface area contributed by atoms with Crippen LogP contribution in [0.1, 0.15) is 41.8 Å². The van der Waals surface area contributed by atoms with Crippen LogP contribution in [0.25, 0.3) is 0 Å². The van der Waals surface area contributed by atoms with Crippen molar-refractivity contribution in [3.63, 3.8) is 0 Å². The van der Waals surface area contributed by atoms with Crippen LogP contribution in [0.5, 0.6) is 0 Å². The molecule has 0 aliphatic carbocycles. The van der Waals surface area contributed by atoms with Gasteiger partial charge in [-0.3, -0.25) is 9.97 Å². The molecule has 2 aromatic heterocycles. The maximum absolute atomic E-state index is 4.51. The summed E-state index contributed by atoms with van der Waals surface area (Å²) in [6, 6.07) is 6.45. The first-order valence-electron chi connectivity index (χ1n) is 6.78. The zero-order valence-corrected chi connectivity index (χ0v) is 11.9. The predicted octanol–water partition coefficient (Wildman–Crippen LogP) is 3.18. The molecule has 2 heterocycles. The third-order valence-corrected chi connectivity index (χ3v) is 3.06. The van der Waals surface area contributed by atoms with Crippen molar-refractivity contribution < 1.29 is 0 Å². The van der Waals surface area contributed by atoms with Gasteiger partial charge in [0.15, 0.2) is 0 Å². The summed E-state index contributed by atoms with van der Waals surface area (Å²) in [6.45, 7) is 7.30. The highest BCUT2D eigenvalue weighted by Crippen LogP contribution is 2.21. The van der Waals surface area contributed by atoms with Gasteiger partial charge in [0.25, 0.3) is 0 Å². The van der Waals surface area contributed by atoms with Crippen LogP contribution in [0.2, 0.25) is 0 Å². The summed E-state index contributed by atoms with van der Waals surface area (Å²) in [7, 11) is 0. The Morgan fingerprint density at radius 3 is 2.68 bits per heavy atom. The van der Waals surface area contributed by atoms with Crippen LogP contribution in [0, 0.1) is 13.8 Å². The van der Waals surface area contributed by atoms with E-state index in [0.717, 1.165) is 18.7 Å². The molecular formula is C16H21N3. The summed E-state index contributed by atoms with van der Waals surface area (Å²) in [5, 5.41) is 3.55. The summed E-state index contributed by atoms with van der Waals surface area (Å²) in [5.41, 5.74) is 4.63. The Hall–Kier alpha value is -1.74. The second-order valence-electron chi connectivity index (χ2n) is 4.94. The summed E-state index contributed by atoms with van der Waals surface area (Å²) in [4.78, 5) is 8.80. The molecule has 1 N–H and O–H groups in total. The minimum atomic E-state index is 0.118. The van der Waals surface area contributed by atoms with Crippen molar-refractivity contribution in [1.82, 2.24) is 15.3 Å². The molecule has 0 bridgehead atoms. The van der Waals surface area contributed by atoms with E-state index in [0.29, 0.717) is 0 Å². The van der Waals surface area contributed by atoms with Crippen LogP contribution >= 0.6 is 0 Å². The van der Waals surface area contributed by atoms with Gasteiger partial charge in [-0.2, -0.15) is 0 Å². The SMILES string of the molecule is CCCNC(c1cncc(C)c1)c1cc(C)ccn1. The average Bonchev–Trinajstić information content (AvgIpc) is 2.39. The zero-order chi connectivity index (χ0) is 13.7. The third kappa shape index (κ3) is 3.61. The van der Waals surface area contributed by atoms with Crippen molar-refractivity contribution in [3.8, 4) is 0 Å². The van der Waals surface area contributed by atoms with Crippen LogP contribution in [-0.4, -0.2) is 16.5 Å². The molecule has 3 nitrogen and oxygen atoms in total. The van der Waals surface area contributed by atoms with Crippen molar-refractivity contribution >= 4 is 0 Å². The first-order chi connectivity index (χ1) is 9.20. The van der Waals surface area contributed by atoms with Crippen molar-refractivity contribution in [2.24, 2.45) is 0 Å². The highest BCUT2D eigenvalue weighted by molar-refractivity contribution is 5.29. The van der Waals surface area contributed by atoms with Gasteiger partial charge in [0.05, 0.1) is 11.7 Å². The second-order valence-corrected chi connectivity index (χ2v) is 4.94. The monoisotopic (exact) mass is 255 g/mol. The highest BCUT2D eigenvalue weighted by Gasteiger charge is 2.15. The van der Waals surface area contributed by atoms with E-state index in [2.05, 4.69) is 48.2 Å².